The molecule has 1 aromatic carbocycles. The molecule has 1 aliphatic rings. The van der Waals surface area contributed by atoms with Crippen molar-refractivity contribution in [2.75, 3.05) is 31.6 Å². The summed E-state index contributed by atoms with van der Waals surface area (Å²) in [7, 11) is 2.19. The van der Waals surface area contributed by atoms with Crippen LogP contribution in [-0.2, 0) is 6.54 Å². The quantitative estimate of drug-likeness (QED) is 0.826. The molecule has 1 unspecified atom stereocenters. The summed E-state index contributed by atoms with van der Waals surface area (Å²) >= 11 is 0. The van der Waals surface area contributed by atoms with E-state index in [-0.39, 0.29) is 0 Å². The number of hydrogen-bond donors (Lipinski definition) is 1. The summed E-state index contributed by atoms with van der Waals surface area (Å²) < 4.78 is 0. The number of aliphatic hydroxyl groups is 1. The zero-order valence-electron chi connectivity index (χ0n) is 12.2. The lowest BCUT2D eigenvalue weighted by atomic mass is 10.1. The molecule has 0 radical (unpaired) electrons. The first kappa shape index (κ1) is 14.4. The number of aliphatic hydroxyl groups excluding tert-OH is 1. The Kier molecular flexibility index (Phi) is 5.23. The van der Waals surface area contributed by atoms with Crippen LogP contribution in [0.25, 0.3) is 0 Å². The van der Waals surface area contributed by atoms with Gasteiger partial charge in [-0.25, -0.2) is 0 Å². The molecule has 19 heavy (non-hydrogen) atoms. The van der Waals surface area contributed by atoms with Crippen molar-refractivity contribution in [1.29, 1.82) is 0 Å². The lowest BCUT2D eigenvalue weighted by Gasteiger charge is -2.30. The van der Waals surface area contributed by atoms with Crippen molar-refractivity contribution < 1.29 is 5.11 Å². The molecule has 1 heterocycles. The summed E-state index contributed by atoms with van der Waals surface area (Å²) in [5.74, 6) is 0. The third-order valence-corrected chi connectivity index (χ3v) is 4.10. The van der Waals surface area contributed by atoms with Gasteiger partial charge in [0.1, 0.15) is 0 Å². The minimum absolute atomic E-state index is 0.307. The van der Waals surface area contributed by atoms with Gasteiger partial charge in [-0.1, -0.05) is 25.1 Å². The monoisotopic (exact) mass is 262 g/mol. The average molecular weight is 262 g/mol. The van der Waals surface area contributed by atoms with Crippen molar-refractivity contribution in [3.05, 3.63) is 29.8 Å². The number of benzene rings is 1. The molecule has 106 valence electrons. The van der Waals surface area contributed by atoms with Gasteiger partial charge in [0.2, 0.25) is 0 Å². The SMILES string of the molecule is CCC1CN(C)c2ccccc2CN1CCCCO. The summed E-state index contributed by atoms with van der Waals surface area (Å²) in [6.45, 7) is 5.78. The van der Waals surface area contributed by atoms with Crippen LogP contribution >= 0.6 is 0 Å². The molecular weight excluding hydrogens is 236 g/mol. The fraction of sp³-hybridized carbons (Fsp3) is 0.625. The molecule has 1 aromatic rings. The first-order valence-electron chi connectivity index (χ1n) is 7.40. The van der Waals surface area contributed by atoms with Crippen LogP contribution in [0.1, 0.15) is 31.7 Å². The molecule has 2 rings (SSSR count). The fourth-order valence-corrected chi connectivity index (χ4v) is 2.97. The van der Waals surface area contributed by atoms with E-state index in [4.69, 9.17) is 5.11 Å². The summed E-state index contributed by atoms with van der Waals surface area (Å²) in [4.78, 5) is 4.97. The second-order valence-electron chi connectivity index (χ2n) is 5.47. The number of unbranched alkanes of at least 4 members (excludes halogenated alkanes) is 1. The van der Waals surface area contributed by atoms with Gasteiger partial charge in [-0.2, -0.15) is 0 Å². The maximum atomic E-state index is 8.95. The molecule has 3 nitrogen and oxygen atoms in total. The van der Waals surface area contributed by atoms with Crippen LogP contribution in [0.5, 0.6) is 0 Å². The fourth-order valence-electron chi connectivity index (χ4n) is 2.97. The lowest BCUT2D eigenvalue weighted by Crippen LogP contribution is -2.40. The number of nitrogens with zero attached hydrogens (tertiary/aromatic N) is 2. The molecule has 0 saturated heterocycles. The summed E-state index contributed by atoms with van der Waals surface area (Å²) in [6, 6.07) is 9.32. The maximum Gasteiger partial charge on any atom is 0.0431 e. The van der Waals surface area contributed by atoms with Gasteiger partial charge in [0.25, 0.3) is 0 Å². The molecule has 1 atom stereocenters. The van der Waals surface area contributed by atoms with E-state index in [2.05, 4.69) is 48.0 Å². The Morgan fingerprint density at radius 1 is 1.26 bits per heavy atom. The predicted molar refractivity (Wildman–Crippen MR) is 80.5 cm³/mol. The standard InChI is InChI=1S/C16H26N2O/c1-3-15-13-17(2)16-9-5-4-8-14(16)12-18(15)10-6-7-11-19/h4-5,8-9,15,19H,3,6-7,10-13H2,1-2H3. The van der Waals surface area contributed by atoms with Crippen LogP contribution in [0, 0.1) is 0 Å². The van der Waals surface area contributed by atoms with Crippen molar-refractivity contribution >= 4 is 5.69 Å². The van der Waals surface area contributed by atoms with Gasteiger partial charge in [0.15, 0.2) is 0 Å². The zero-order valence-corrected chi connectivity index (χ0v) is 12.2. The van der Waals surface area contributed by atoms with Crippen molar-refractivity contribution in [2.24, 2.45) is 0 Å². The van der Waals surface area contributed by atoms with Crippen LogP contribution in [0.2, 0.25) is 0 Å². The van der Waals surface area contributed by atoms with Crippen LogP contribution in [0.4, 0.5) is 5.69 Å². The smallest absolute Gasteiger partial charge is 0.0431 e. The van der Waals surface area contributed by atoms with Crippen molar-refractivity contribution in [1.82, 2.24) is 4.90 Å². The molecule has 0 amide bonds. The summed E-state index contributed by atoms with van der Waals surface area (Å²) in [5.41, 5.74) is 2.79. The average Bonchev–Trinajstić information content (AvgIpc) is 2.57. The number of hydrogen-bond acceptors (Lipinski definition) is 3. The molecule has 1 aliphatic heterocycles. The largest absolute Gasteiger partial charge is 0.396 e. The highest BCUT2D eigenvalue weighted by Crippen LogP contribution is 2.27. The molecule has 0 bridgehead atoms. The highest BCUT2D eigenvalue weighted by atomic mass is 16.2. The van der Waals surface area contributed by atoms with Crippen LogP contribution in [-0.4, -0.2) is 42.8 Å². The number of anilines is 1. The van der Waals surface area contributed by atoms with E-state index in [1.54, 1.807) is 0 Å². The van der Waals surface area contributed by atoms with Crippen LogP contribution < -0.4 is 4.90 Å². The Labute approximate surface area is 116 Å². The number of para-hydroxylation sites is 1. The van der Waals surface area contributed by atoms with Gasteiger partial charge < -0.3 is 10.0 Å². The predicted octanol–water partition coefficient (Wildman–Crippen LogP) is 2.49. The highest BCUT2D eigenvalue weighted by molar-refractivity contribution is 5.53. The van der Waals surface area contributed by atoms with E-state index in [0.717, 1.165) is 32.5 Å². The van der Waals surface area contributed by atoms with Crippen molar-refractivity contribution in [3.63, 3.8) is 0 Å². The van der Waals surface area contributed by atoms with E-state index in [9.17, 15) is 0 Å². The van der Waals surface area contributed by atoms with Gasteiger partial charge in [-0.15, -0.1) is 0 Å². The Morgan fingerprint density at radius 2 is 2.05 bits per heavy atom. The Hall–Kier alpha value is -1.06. The third-order valence-electron chi connectivity index (χ3n) is 4.10. The van der Waals surface area contributed by atoms with Gasteiger partial charge in [-0.3, -0.25) is 4.90 Å². The van der Waals surface area contributed by atoms with Crippen molar-refractivity contribution in [2.45, 2.75) is 38.8 Å². The maximum absolute atomic E-state index is 8.95. The second-order valence-corrected chi connectivity index (χ2v) is 5.47. The Morgan fingerprint density at radius 3 is 2.79 bits per heavy atom. The molecule has 0 aromatic heterocycles. The first-order chi connectivity index (χ1) is 9.26. The van der Waals surface area contributed by atoms with E-state index in [1.807, 2.05) is 0 Å². The Bertz CT molecular complexity index is 394. The van der Waals surface area contributed by atoms with Crippen LogP contribution in [0.3, 0.4) is 0 Å². The Balaban J connectivity index is 2.14. The topological polar surface area (TPSA) is 26.7 Å². The van der Waals surface area contributed by atoms with E-state index in [0.29, 0.717) is 12.6 Å². The zero-order chi connectivity index (χ0) is 13.7. The van der Waals surface area contributed by atoms with E-state index >= 15 is 0 Å². The molecule has 3 heteroatoms. The lowest BCUT2D eigenvalue weighted by molar-refractivity contribution is 0.179. The summed E-state index contributed by atoms with van der Waals surface area (Å²) in [5, 5.41) is 8.95. The van der Waals surface area contributed by atoms with Gasteiger partial charge in [0, 0.05) is 38.5 Å². The minimum Gasteiger partial charge on any atom is -0.396 e. The molecule has 1 N–H and O–H groups in total. The first-order valence-corrected chi connectivity index (χ1v) is 7.40. The highest BCUT2D eigenvalue weighted by Gasteiger charge is 2.24. The number of likely N-dealkylation sites (N-methyl/N-ethyl adjacent to an activating group) is 1. The number of fused-ring (bicyclic) bond motifs is 1. The van der Waals surface area contributed by atoms with E-state index < -0.39 is 0 Å². The molecular formula is C16H26N2O. The third kappa shape index (κ3) is 3.48. The second kappa shape index (κ2) is 6.92. The molecule has 0 aliphatic carbocycles. The summed E-state index contributed by atoms with van der Waals surface area (Å²) in [6.07, 6.45) is 3.17. The van der Waals surface area contributed by atoms with Crippen molar-refractivity contribution in [3.8, 4) is 0 Å². The van der Waals surface area contributed by atoms with E-state index in [1.165, 1.54) is 17.7 Å². The minimum atomic E-state index is 0.307. The number of rotatable bonds is 5. The van der Waals surface area contributed by atoms with Crippen LogP contribution in [0.15, 0.2) is 24.3 Å². The normalized spacial score (nSPS) is 20.2. The molecule has 0 fully saturated rings. The van der Waals surface area contributed by atoms with Gasteiger partial charge >= 0.3 is 0 Å². The molecule has 0 saturated carbocycles. The van der Waals surface area contributed by atoms with Gasteiger partial charge in [0.05, 0.1) is 0 Å². The molecule has 0 spiro atoms. The van der Waals surface area contributed by atoms with Gasteiger partial charge in [-0.05, 0) is 37.4 Å².